The lowest BCUT2D eigenvalue weighted by Gasteiger charge is -2.01. The van der Waals surface area contributed by atoms with Gasteiger partial charge in [-0.15, -0.1) is 0 Å². The molecule has 14 heavy (non-hydrogen) atoms. The summed E-state index contributed by atoms with van der Waals surface area (Å²) in [6, 6.07) is 0.0960. The van der Waals surface area contributed by atoms with Crippen molar-refractivity contribution in [1.29, 1.82) is 0 Å². The Bertz CT molecular complexity index is 535. The molecule has 0 radical (unpaired) electrons. The van der Waals surface area contributed by atoms with E-state index >= 15 is 0 Å². The highest BCUT2D eigenvalue weighted by atomic mass is 16.5. The normalized spacial score (nSPS) is 10.4. The zero-order chi connectivity index (χ0) is 10.1. The highest BCUT2D eigenvalue weighted by Crippen LogP contribution is 2.14. The molecule has 72 valence electrons. The van der Waals surface area contributed by atoms with E-state index in [2.05, 4.69) is 19.9 Å². The number of hydrogen-bond acceptors (Lipinski definition) is 6. The van der Waals surface area contributed by atoms with Crippen molar-refractivity contribution in [3.05, 3.63) is 16.6 Å². The molecular formula is C7H7N5O2. The molecule has 0 saturated heterocycles. The van der Waals surface area contributed by atoms with Crippen molar-refractivity contribution in [2.45, 2.75) is 0 Å². The second-order valence-corrected chi connectivity index (χ2v) is 2.54. The van der Waals surface area contributed by atoms with Crippen LogP contribution in [0.4, 0.5) is 5.82 Å². The minimum absolute atomic E-state index is 0.0960. The topological polar surface area (TPSA) is 107 Å². The maximum atomic E-state index is 10.9. The number of aromatic amines is 1. The van der Waals surface area contributed by atoms with E-state index in [1.807, 2.05) is 0 Å². The molecule has 7 nitrogen and oxygen atoms in total. The van der Waals surface area contributed by atoms with Crippen LogP contribution in [0.15, 0.2) is 11.0 Å². The zero-order valence-electron chi connectivity index (χ0n) is 7.31. The van der Waals surface area contributed by atoms with Crippen molar-refractivity contribution in [1.82, 2.24) is 19.9 Å². The number of nitrogens with two attached hydrogens (primary N) is 1. The molecular weight excluding hydrogens is 186 g/mol. The summed E-state index contributed by atoms with van der Waals surface area (Å²) in [5.74, 6) is 0.170. The van der Waals surface area contributed by atoms with E-state index in [1.165, 1.54) is 7.11 Å². The second-order valence-electron chi connectivity index (χ2n) is 2.54. The number of fused-ring (bicyclic) bond motifs is 1. The van der Waals surface area contributed by atoms with Gasteiger partial charge in [-0.05, 0) is 0 Å². The van der Waals surface area contributed by atoms with Gasteiger partial charge in [0.2, 0.25) is 0 Å². The lowest BCUT2D eigenvalue weighted by Crippen LogP contribution is -2.09. The summed E-state index contributed by atoms with van der Waals surface area (Å²) in [6.07, 6.45) is 1.12. The summed E-state index contributed by atoms with van der Waals surface area (Å²) >= 11 is 0. The monoisotopic (exact) mass is 193 g/mol. The smallest absolute Gasteiger partial charge is 0.320 e. The first kappa shape index (κ1) is 8.42. The minimum Gasteiger partial charge on any atom is -0.467 e. The van der Waals surface area contributed by atoms with Gasteiger partial charge in [0.1, 0.15) is 5.52 Å². The molecule has 0 bridgehead atoms. The number of nitrogens with one attached hydrogen (secondary N) is 1. The van der Waals surface area contributed by atoms with Crippen molar-refractivity contribution >= 4 is 17.0 Å². The molecule has 0 aliphatic rings. The average molecular weight is 193 g/mol. The predicted octanol–water partition coefficient (Wildman–Crippen LogP) is -0.696. The van der Waals surface area contributed by atoms with Crippen molar-refractivity contribution in [2.24, 2.45) is 0 Å². The van der Waals surface area contributed by atoms with Gasteiger partial charge >= 0.3 is 6.01 Å². The van der Waals surface area contributed by atoms with Gasteiger partial charge in [0.25, 0.3) is 5.56 Å². The van der Waals surface area contributed by atoms with E-state index in [-0.39, 0.29) is 23.0 Å². The first-order chi connectivity index (χ1) is 6.70. The van der Waals surface area contributed by atoms with Gasteiger partial charge in [-0.3, -0.25) is 4.79 Å². The lowest BCUT2D eigenvalue weighted by molar-refractivity contribution is 0.382. The number of methoxy groups -OCH3 is 1. The Balaban J connectivity index is 2.83. The Morgan fingerprint density at radius 1 is 1.50 bits per heavy atom. The molecule has 0 fully saturated rings. The van der Waals surface area contributed by atoms with Crippen molar-refractivity contribution in [3.63, 3.8) is 0 Å². The first-order valence-electron chi connectivity index (χ1n) is 3.77. The van der Waals surface area contributed by atoms with Gasteiger partial charge in [-0.25, -0.2) is 4.98 Å². The van der Waals surface area contributed by atoms with E-state index < -0.39 is 0 Å². The summed E-state index contributed by atoms with van der Waals surface area (Å²) in [7, 11) is 1.41. The molecule has 0 amide bonds. The summed E-state index contributed by atoms with van der Waals surface area (Å²) < 4.78 is 4.79. The van der Waals surface area contributed by atoms with Gasteiger partial charge in [0.15, 0.2) is 11.5 Å². The van der Waals surface area contributed by atoms with Crippen LogP contribution in [0.2, 0.25) is 0 Å². The molecule has 2 aromatic rings. The molecule has 0 unspecified atom stereocenters. The fourth-order valence-electron chi connectivity index (χ4n) is 1.03. The number of nitrogens with zero attached hydrogens (tertiary/aromatic N) is 3. The number of ether oxygens (including phenoxy) is 1. The standard InChI is InChI=1S/C7H7N5O2/c1-14-7-11-5(8)4-6(12-7)10-3(13)2-9-4/h2H,1H3,(H3,8,10,11,12,13). The summed E-state index contributed by atoms with van der Waals surface area (Å²) in [4.78, 5) is 24.9. The second kappa shape index (κ2) is 2.95. The average Bonchev–Trinajstić information content (AvgIpc) is 2.16. The number of aromatic nitrogens is 4. The highest BCUT2D eigenvalue weighted by Gasteiger charge is 2.06. The third-order valence-corrected chi connectivity index (χ3v) is 1.63. The molecule has 2 aromatic heterocycles. The van der Waals surface area contributed by atoms with Crippen LogP contribution in [0.3, 0.4) is 0 Å². The van der Waals surface area contributed by atoms with E-state index in [0.717, 1.165) is 6.20 Å². The lowest BCUT2D eigenvalue weighted by atomic mass is 10.5. The number of H-pyrrole nitrogens is 1. The van der Waals surface area contributed by atoms with Gasteiger partial charge in [-0.2, -0.15) is 9.97 Å². The van der Waals surface area contributed by atoms with Crippen LogP contribution in [0.5, 0.6) is 6.01 Å². The Labute approximate surface area is 78.0 Å². The molecule has 2 heterocycles. The molecule has 3 N–H and O–H groups in total. The molecule has 2 rings (SSSR count). The maximum absolute atomic E-state index is 10.9. The van der Waals surface area contributed by atoms with Gasteiger partial charge < -0.3 is 15.5 Å². The SMILES string of the molecule is COc1nc(N)c2ncc(=O)[nH]c2n1. The number of hydrogen-bond donors (Lipinski definition) is 2. The van der Waals surface area contributed by atoms with Crippen LogP contribution >= 0.6 is 0 Å². The molecule has 7 heteroatoms. The van der Waals surface area contributed by atoms with Crippen LogP contribution in [0, 0.1) is 0 Å². The molecule has 0 atom stereocenters. The van der Waals surface area contributed by atoms with Crippen LogP contribution in [-0.2, 0) is 0 Å². The van der Waals surface area contributed by atoms with Crippen LogP contribution in [-0.4, -0.2) is 27.0 Å². The van der Waals surface area contributed by atoms with Crippen LogP contribution in [0.25, 0.3) is 11.2 Å². The van der Waals surface area contributed by atoms with Gasteiger partial charge in [-0.1, -0.05) is 0 Å². The minimum atomic E-state index is -0.349. The molecule has 0 spiro atoms. The number of anilines is 1. The number of nitrogen functional groups attached to an aromatic ring is 1. The Morgan fingerprint density at radius 3 is 3.00 bits per heavy atom. The van der Waals surface area contributed by atoms with E-state index in [0.29, 0.717) is 5.52 Å². The summed E-state index contributed by atoms with van der Waals surface area (Å²) in [5.41, 5.74) is 5.84. The van der Waals surface area contributed by atoms with Crippen molar-refractivity contribution < 1.29 is 4.74 Å². The highest BCUT2D eigenvalue weighted by molar-refractivity contribution is 5.80. The fourth-order valence-corrected chi connectivity index (χ4v) is 1.03. The summed E-state index contributed by atoms with van der Waals surface area (Å²) in [5, 5.41) is 0. The number of rotatable bonds is 1. The fraction of sp³-hybridized carbons (Fsp3) is 0.143. The van der Waals surface area contributed by atoms with E-state index in [1.54, 1.807) is 0 Å². The predicted molar refractivity (Wildman–Crippen MR) is 48.9 cm³/mol. The first-order valence-corrected chi connectivity index (χ1v) is 3.77. The molecule has 0 aliphatic carbocycles. The summed E-state index contributed by atoms with van der Waals surface area (Å²) in [6.45, 7) is 0. The van der Waals surface area contributed by atoms with E-state index in [4.69, 9.17) is 10.5 Å². The molecule has 0 saturated carbocycles. The van der Waals surface area contributed by atoms with Gasteiger partial charge in [0, 0.05) is 0 Å². The van der Waals surface area contributed by atoms with Crippen molar-refractivity contribution in [3.8, 4) is 6.01 Å². The Hall–Kier alpha value is -2.18. The maximum Gasteiger partial charge on any atom is 0.320 e. The van der Waals surface area contributed by atoms with Gasteiger partial charge in [0.05, 0.1) is 13.3 Å². The zero-order valence-corrected chi connectivity index (χ0v) is 7.31. The quantitative estimate of drug-likeness (QED) is 0.620. The largest absolute Gasteiger partial charge is 0.467 e. The third kappa shape index (κ3) is 1.24. The molecule has 0 aromatic carbocycles. The van der Waals surface area contributed by atoms with Crippen LogP contribution in [0.1, 0.15) is 0 Å². The van der Waals surface area contributed by atoms with Crippen molar-refractivity contribution in [2.75, 3.05) is 12.8 Å². The third-order valence-electron chi connectivity index (χ3n) is 1.63. The Morgan fingerprint density at radius 2 is 2.29 bits per heavy atom. The van der Waals surface area contributed by atoms with E-state index in [9.17, 15) is 4.79 Å². The Kier molecular flexibility index (Phi) is 1.77. The van der Waals surface area contributed by atoms with Crippen LogP contribution < -0.4 is 16.0 Å². The molecule has 0 aliphatic heterocycles.